The summed E-state index contributed by atoms with van der Waals surface area (Å²) in [6, 6.07) is 31.8. The van der Waals surface area contributed by atoms with E-state index in [2.05, 4.69) is 109 Å². The Hall–Kier alpha value is -2.43. The van der Waals surface area contributed by atoms with Crippen LogP contribution in [0.5, 0.6) is 0 Å². The van der Waals surface area contributed by atoms with Gasteiger partial charge in [-0.2, -0.15) is 0 Å². The van der Waals surface area contributed by atoms with Crippen molar-refractivity contribution < 1.29 is 0 Å². The first-order valence-corrected chi connectivity index (χ1v) is 9.14. The number of benzene rings is 3. The summed E-state index contributed by atoms with van der Waals surface area (Å²) < 4.78 is 0. The lowest BCUT2D eigenvalue weighted by molar-refractivity contribution is 1.66. The monoisotopic (exact) mass is 314 g/mol. The van der Waals surface area contributed by atoms with E-state index in [1.54, 1.807) is 0 Å². The molecular weight excluding hydrogens is 295 g/mol. The molecule has 0 radical (unpaired) electrons. The van der Waals surface area contributed by atoms with Crippen LogP contribution in [-0.4, -0.2) is 0 Å². The normalized spacial score (nSPS) is 11.5. The number of allylic oxidation sites excluding steroid dienone is 2. The highest BCUT2D eigenvalue weighted by atomic mass is 31.1. The molecule has 0 saturated heterocycles. The highest BCUT2D eigenvalue weighted by Gasteiger charge is 2.08. The molecule has 0 bridgehead atoms. The van der Waals surface area contributed by atoms with Gasteiger partial charge >= 0.3 is 0 Å². The molecule has 3 aromatic rings. The summed E-state index contributed by atoms with van der Waals surface area (Å²) in [7, 11) is -0.463. The van der Waals surface area contributed by atoms with Crippen LogP contribution in [0.15, 0.2) is 109 Å². The molecule has 0 nitrogen and oxygen atoms in total. The molecular formula is C22H19P. The van der Waals surface area contributed by atoms with Crippen molar-refractivity contribution in [3.8, 4) is 0 Å². The molecule has 3 aromatic carbocycles. The van der Waals surface area contributed by atoms with Crippen molar-refractivity contribution in [2.45, 2.75) is 0 Å². The first kappa shape index (κ1) is 15.5. The SMILES string of the molecule is C(C=CP(c1ccccc1)c1ccccc1)=Cc1ccccc1. The molecule has 0 unspecified atom stereocenters. The summed E-state index contributed by atoms with van der Waals surface area (Å²) in [5, 5.41) is 2.75. The lowest BCUT2D eigenvalue weighted by atomic mass is 10.2. The van der Waals surface area contributed by atoms with Gasteiger partial charge in [0.1, 0.15) is 0 Å². The maximum atomic E-state index is 2.32. The summed E-state index contributed by atoms with van der Waals surface area (Å²) in [4.78, 5) is 0. The quantitative estimate of drug-likeness (QED) is 0.440. The molecule has 0 heterocycles. The molecule has 23 heavy (non-hydrogen) atoms. The van der Waals surface area contributed by atoms with Gasteiger partial charge in [0.15, 0.2) is 0 Å². The number of rotatable bonds is 5. The lowest BCUT2D eigenvalue weighted by Crippen LogP contribution is -2.09. The average Bonchev–Trinajstić information content (AvgIpc) is 2.64. The van der Waals surface area contributed by atoms with Gasteiger partial charge < -0.3 is 0 Å². The molecule has 0 atom stereocenters. The zero-order valence-corrected chi connectivity index (χ0v) is 13.8. The van der Waals surface area contributed by atoms with Crippen molar-refractivity contribution in [2.75, 3.05) is 0 Å². The Morgan fingerprint density at radius 3 is 1.52 bits per heavy atom. The van der Waals surface area contributed by atoms with Gasteiger partial charge in [0.2, 0.25) is 0 Å². The molecule has 3 rings (SSSR count). The molecule has 0 fully saturated rings. The average molecular weight is 314 g/mol. The van der Waals surface area contributed by atoms with Gasteiger partial charge in [-0.1, -0.05) is 115 Å². The topological polar surface area (TPSA) is 0 Å². The predicted molar refractivity (Wildman–Crippen MR) is 104 cm³/mol. The van der Waals surface area contributed by atoms with Crippen LogP contribution in [0.2, 0.25) is 0 Å². The maximum Gasteiger partial charge on any atom is -0.0157 e. The molecule has 0 aliphatic rings. The van der Waals surface area contributed by atoms with Gasteiger partial charge in [0.05, 0.1) is 0 Å². The minimum atomic E-state index is -0.463. The smallest absolute Gasteiger partial charge is 0.0157 e. The van der Waals surface area contributed by atoms with Crippen molar-refractivity contribution in [2.24, 2.45) is 0 Å². The Bertz CT molecular complexity index is 719. The number of hydrogen-bond acceptors (Lipinski definition) is 0. The molecule has 0 aliphatic heterocycles. The third-order valence-electron chi connectivity index (χ3n) is 3.50. The molecule has 0 aromatic heterocycles. The lowest BCUT2D eigenvalue weighted by Gasteiger charge is -2.13. The van der Waals surface area contributed by atoms with E-state index in [1.807, 2.05) is 6.07 Å². The van der Waals surface area contributed by atoms with E-state index in [1.165, 1.54) is 16.2 Å². The van der Waals surface area contributed by atoms with E-state index < -0.39 is 7.92 Å². The Morgan fingerprint density at radius 2 is 1.00 bits per heavy atom. The molecule has 0 saturated carbocycles. The third-order valence-corrected chi connectivity index (χ3v) is 5.68. The van der Waals surface area contributed by atoms with E-state index in [-0.39, 0.29) is 0 Å². The molecule has 1 heteroatoms. The van der Waals surface area contributed by atoms with E-state index in [0.29, 0.717) is 0 Å². The number of hydrogen-bond donors (Lipinski definition) is 0. The highest BCUT2D eigenvalue weighted by molar-refractivity contribution is 7.75. The second-order valence-corrected chi connectivity index (χ2v) is 7.22. The van der Waals surface area contributed by atoms with Crippen LogP contribution >= 0.6 is 7.92 Å². The van der Waals surface area contributed by atoms with Crippen LogP contribution in [0.4, 0.5) is 0 Å². The Balaban J connectivity index is 1.82. The van der Waals surface area contributed by atoms with Gasteiger partial charge in [0, 0.05) is 0 Å². The maximum absolute atomic E-state index is 2.32. The summed E-state index contributed by atoms with van der Waals surface area (Å²) in [6.07, 6.45) is 6.43. The highest BCUT2D eigenvalue weighted by Crippen LogP contribution is 2.34. The third kappa shape index (κ3) is 4.52. The minimum absolute atomic E-state index is 0.463. The minimum Gasteiger partial charge on any atom is -0.0622 e. The van der Waals surface area contributed by atoms with Gasteiger partial charge in [-0.15, -0.1) is 0 Å². The van der Waals surface area contributed by atoms with Gasteiger partial charge in [-0.3, -0.25) is 0 Å². The van der Waals surface area contributed by atoms with Crippen LogP contribution in [0.25, 0.3) is 6.08 Å². The zero-order chi connectivity index (χ0) is 15.7. The Kier molecular flexibility index (Phi) is 5.56. The fourth-order valence-electron chi connectivity index (χ4n) is 2.36. The predicted octanol–water partition coefficient (Wildman–Crippen LogP) is 5.35. The van der Waals surface area contributed by atoms with E-state index >= 15 is 0 Å². The second-order valence-electron chi connectivity index (χ2n) is 5.15. The van der Waals surface area contributed by atoms with E-state index in [0.717, 1.165) is 0 Å². The van der Waals surface area contributed by atoms with Crippen LogP contribution in [0, 0.1) is 0 Å². The largest absolute Gasteiger partial charge is 0.0622 e. The molecule has 0 spiro atoms. The van der Waals surface area contributed by atoms with E-state index in [4.69, 9.17) is 0 Å². The summed E-state index contributed by atoms with van der Waals surface area (Å²) in [6.45, 7) is 0. The summed E-state index contributed by atoms with van der Waals surface area (Å²) >= 11 is 0. The van der Waals surface area contributed by atoms with Crippen molar-refractivity contribution >= 4 is 24.6 Å². The molecule has 112 valence electrons. The summed E-state index contributed by atoms with van der Waals surface area (Å²) in [5.41, 5.74) is 1.22. The van der Waals surface area contributed by atoms with Crippen molar-refractivity contribution in [1.29, 1.82) is 0 Å². The Morgan fingerprint density at radius 1 is 0.522 bits per heavy atom. The van der Waals surface area contributed by atoms with Crippen LogP contribution in [-0.2, 0) is 0 Å². The second kappa shape index (κ2) is 8.27. The van der Waals surface area contributed by atoms with Crippen LogP contribution in [0.3, 0.4) is 0 Å². The fraction of sp³-hybridized carbons (Fsp3) is 0. The van der Waals surface area contributed by atoms with Crippen molar-refractivity contribution in [3.05, 3.63) is 115 Å². The first-order valence-electron chi connectivity index (χ1n) is 7.73. The molecule has 0 N–H and O–H groups in total. The zero-order valence-electron chi connectivity index (χ0n) is 12.9. The molecule has 0 aliphatic carbocycles. The van der Waals surface area contributed by atoms with Gasteiger partial charge in [-0.25, -0.2) is 0 Å². The van der Waals surface area contributed by atoms with Gasteiger partial charge in [-0.05, 0) is 24.1 Å². The van der Waals surface area contributed by atoms with E-state index in [9.17, 15) is 0 Å². The van der Waals surface area contributed by atoms with Crippen LogP contribution in [0.1, 0.15) is 5.56 Å². The standard InChI is InChI=1S/C22H19P/c1-4-12-20(13-5-1)14-10-11-19-23(21-15-6-2-7-16-21)22-17-8-3-9-18-22/h1-19H. The first-order chi connectivity index (χ1) is 11.4. The summed E-state index contributed by atoms with van der Waals surface area (Å²) in [5.74, 6) is 2.32. The van der Waals surface area contributed by atoms with Crippen molar-refractivity contribution in [1.82, 2.24) is 0 Å². The fourth-order valence-corrected chi connectivity index (χ4v) is 4.27. The van der Waals surface area contributed by atoms with Crippen LogP contribution < -0.4 is 10.6 Å². The Labute approximate surface area is 139 Å². The molecule has 0 amide bonds. The van der Waals surface area contributed by atoms with Gasteiger partial charge in [0.25, 0.3) is 0 Å². The van der Waals surface area contributed by atoms with Crippen molar-refractivity contribution in [3.63, 3.8) is 0 Å².